The lowest BCUT2D eigenvalue weighted by molar-refractivity contribution is 0.0240. The zero-order valence-corrected chi connectivity index (χ0v) is 19.9. The summed E-state index contributed by atoms with van der Waals surface area (Å²) in [4.78, 5) is 37.9. The highest BCUT2D eigenvalue weighted by atomic mass is 16.6. The second-order valence-electron chi connectivity index (χ2n) is 9.63. The summed E-state index contributed by atoms with van der Waals surface area (Å²) in [5, 5.41) is 10.6. The predicted molar refractivity (Wildman–Crippen MR) is 128 cm³/mol. The fourth-order valence-electron chi connectivity index (χ4n) is 3.65. The fourth-order valence-corrected chi connectivity index (χ4v) is 3.65. The van der Waals surface area contributed by atoms with E-state index < -0.39 is 5.60 Å². The van der Waals surface area contributed by atoms with Crippen molar-refractivity contribution in [1.82, 2.24) is 25.1 Å². The van der Waals surface area contributed by atoms with Crippen LogP contribution in [0.5, 0.6) is 0 Å². The molecule has 0 aromatic carbocycles. The van der Waals surface area contributed by atoms with Crippen molar-refractivity contribution in [3.8, 4) is 12.3 Å². The number of H-pyrrole nitrogens is 1. The lowest BCUT2D eigenvalue weighted by atomic mass is 10.1. The molecule has 0 unspecified atom stereocenters. The molecule has 0 bridgehead atoms. The normalized spacial score (nSPS) is 16.2. The molecular formula is C24H31N7O3. The van der Waals surface area contributed by atoms with Crippen LogP contribution >= 0.6 is 0 Å². The van der Waals surface area contributed by atoms with Gasteiger partial charge in [-0.2, -0.15) is 10.1 Å². The number of carbonyl (C=O) groups is 2. The molecule has 2 fully saturated rings. The minimum absolute atomic E-state index is 0.141. The molecule has 180 valence electrons. The highest BCUT2D eigenvalue weighted by molar-refractivity contribution is 5.95. The summed E-state index contributed by atoms with van der Waals surface area (Å²) in [6, 6.07) is 3.60. The Labute approximate surface area is 199 Å². The summed E-state index contributed by atoms with van der Waals surface area (Å²) >= 11 is 0. The standard InChI is InChI=1S/C24H31N7O3/c1-5-6-7-19(32)18-15-20(26-21-14-17(28-29-21)16-8-9-16)27-22(25-18)30-10-12-31(13-11-30)23(33)34-24(2,3)4/h1,14-16H,6-13H2,2-4H3,(H2,25,26,27,28,29). The predicted octanol–water partition coefficient (Wildman–Crippen LogP) is 3.47. The highest BCUT2D eigenvalue weighted by Crippen LogP contribution is 2.39. The summed E-state index contributed by atoms with van der Waals surface area (Å²) in [5.74, 6) is 4.46. The Kier molecular flexibility index (Phi) is 6.72. The van der Waals surface area contributed by atoms with Crippen LogP contribution in [0.2, 0.25) is 0 Å². The number of Topliss-reactive ketones (excluding diaryl/α,β-unsaturated/α-hetero) is 1. The van der Waals surface area contributed by atoms with Gasteiger partial charge in [0.25, 0.3) is 0 Å². The van der Waals surface area contributed by atoms with E-state index >= 15 is 0 Å². The van der Waals surface area contributed by atoms with E-state index in [1.54, 1.807) is 11.0 Å². The third kappa shape index (κ3) is 6.04. The molecule has 0 radical (unpaired) electrons. The highest BCUT2D eigenvalue weighted by Gasteiger charge is 2.28. The van der Waals surface area contributed by atoms with Crippen LogP contribution in [0.1, 0.15) is 68.6 Å². The van der Waals surface area contributed by atoms with Gasteiger partial charge in [-0.25, -0.2) is 9.78 Å². The first-order valence-electron chi connectivity index (χ1n) is 11.6. The molecule has 1 amide bonds. The first-order chi connectivity index (χ1) is 16.2. The number of nitrogens with one attached hydrogen (secondary N) is 2. The molecule has 2 N–H and O–H groups in total. The Hall–Kier alpha value is -3.61. The molecule has 0 spiro atoms. The Balaban J connectivity index is 1.50. The van der Waals surface area contributed by atoms with Crippen molar-refractivity contribution in [2.45, 2.75) is 58.0 Å². The number of amides is 1. The van der Waals surface area contributed by atoms with Crippen molar-refractivity contribution >= 4 is 29.5 Å². The first kappa shape index (κ1) is 23.5. The van der Waals surface area contributed by atoms with E-state index in [-0.39, 0.29) is 18.3 Å². The smallest absolute Gasteiger partial charge is 0.410 e. The second kappa shape index (κ2) is 9.71. The minimum Gasteiger partial charge on any atom is -0.444 e. The largest absolute Gasteiger partial charge is 0.444 e. The molecule has 1 saturated carbocycles. The van der Waals surface area contributed by atoms with Crippen molar-refractivity contribution < 1.29 is 14.3 Å². The monoisotopic (exact) mass is 465 g/mol. The number of carbonyl (C=O) groups excluding carboxylic acids is 2. The molecule has 2 aliphatic rings. The summed E-state index contributed by atoms with van der Waals surface area (Å²) in [6.45, 7) is 7.53. The van der Waals surface area contributed by atoms with Gasteiger partial charge in [-0.3, -0.25) is 9.89 Å². The number of ether oxygens (including phenoxy) is 1. The van der Waals surface area contributed by atoms with E-state index in [2.05, 4.69) is 31.4 Å². The van der Waals surface area contributed by atoms with Gasteiger partial charge in [0.15, 0.2) is 11.6 Å². The van der Waals surface area contributed by atoms with Gasteiger partial charge >= 0.3 is 6.09 Å². The molecule has 10 heteroatoms. The average Bonchev–Trinajstić information content (AvgIpc) is 3.55. The zero-order valence-electron chi connectivity index (χ0n) is 19.9. The molecule has 1 saturated heterocycles. The maximum absolute atomic E-state index is 12.7. The Morgan fingerprint density at radius 1 is 1.18 bits per heavy atom. The Bertz CT molecular complexity index is 1090. The number of aromatic amines is 1. The van der Waals surface area contributed by atoms with Crippen LogP contribution in [-0.2, 0) is 4.74 Å². The molecule has 10 nitrogen and oxygen atoms in total. The second-order valence-corrected chi connectivity index (χ2v) is 9.63. The topological polar surface area (TPSA) is 116 Å². The molecule has 0 atom stereocenters. The molecule has 34 heavy (non-hydrogen) atoms. The molecule has 2 aromatic heterocycles. The maximum Gasteiger partial charge on any atom is 0.410 e. The quantitative estimate of drug-likeness (QED) is 0.472. The van der Waals surface area contributed by atoms with E-state index in [0.29, 0.717) is 61.8 Å². The van der Waals surface area contributed by atoms with E-state index in [1.165, 1.54) is 12.8 Å². The fraction of sp³-hybridized carbons (Fsp3) is 0.542. The molecule has 1 aliphatic carbocycles. The summed E-state index contributed by atoms with van der Waals surface area (Å²) < 4.78 is 5.47. The van der Waals surface area contributed by atoms with E-state index in [9.17, 15) is 9.59 Å². The van der Waals surface area contributed by atoms with Crippen LogP contribution in [0.25, 0.3) is 0 Å². The van der Waals surface area contributed by atoms with Gasteiger partial charge in [0.1, 0.15) is 17.1 Å². The minimum atomic E-state index is -0.545. The van der Waals surface area contributed by atoms with Crippen LogP contribution < -0.4 is 10.2 Å². The van der Waals surface area contributed by atoms with Crippen molar-refractivity contribution in [3.63, 3.8) is 0 Å². The van der Waals surface area contributed by atoms with Gasteiger partial charge in [0.05, 0.1) is 0 Å². The number of terminal acetylenes is 1. The van der Waals surface area contributed by atoms with Gasteiger partial charge in [0.2, 0.25) is 5.95 Å². The van der Waals surface area contributed by atoms with Crippen LogP contribution in [0.15, 0.2) is 12.1 Å². The van der Waals surface area contributed by atoms with Crippen molar-refractivity contribution in [1.29, 1.82) is 0 Å². The lowest BCUT2D eigenvalue weighted by Crippen LogP contribution is -2.50. The van der Waals surface area contributed by atoms with Crippen LogP contribution in [0, 0.1) is 12.3 Å². The number of rotatable bonds is 7. The van der Waals surface area contributed by atoms with Gasteiger partial charge in [-0.05, 0) is 33.6 Å². The summed E-state index contributed by atoms with van der Waals surface area (Å²) in [5.41, 5.74) is 0.854. The van der Waals surface area contributed by atoms with Gasteiger partial charge in [0, 0.05) is 62.8 Å². The SMILES string of the molecule is C#CCCC(=O)c1cc(Nc2cc(C3CC3)[nH]n2)nc(N2CCN(C(=O)OC(C)(C)C)CC2)n1. The van der Waals surface area contributed by atoms with E-state index in [1.807, 2.05) is 31.7 Å². The number of anilines is 3. The number of piperazine rings is 1. The van der Waals surface area contributed by atoms with Crippen LogP contribution in [0.3, 0.4) is 0 Å². The van der Waals surface area contributed by atoms with Crippen molar-refractivity contribution in [2.24, 2.45) is 0 Å². The number of hydrogen-bond acceptors (Lipinski definition) is 8. The van der Waals surface area contributed by atoms with Crippen LogP contribution in [0.4, 0.5) is 22.4 Å². The van der Waals surface area contributed by atoms with E-state index in [0.717, 1.165) is 5.69 Å². The van der Waals surface area contributed by atoms with Gasteiger partial charge in [-0.15, -0.1) is 12.3 Å². The van der Waals surface area contributed by atoms with Gasteiger partial charge < -0.3 is 19.9 Å². The first-order valence-corrected chi connectivity index (χ1v) is 11.6. The lowest BCUT2D eigenvalue weighted by Gasteiger charge is -2.35. The number of aromatic nitrogens is 4. The number of nitrogens with zero attached hydrogens (tertiary/aromatic N) is 5. The molecule has 4 rings (SSSR count). The van der Waals surface area contributed by atoms with Crippen molar-refractivity contribution in [2.75, 3.05) is 36.4 Å². The summed E-state index contributed by atoms with van der Waals surface area (Å²) in [7, 11) is 0. The van der Waals surface area contributed by atoms with E-state index in [4.69, 9.17) is 11.2 Å². The summed E-state index contributed by atoms with van der Waals surface area (Å²) in [6.07, 6.45) is 7.90. The maximum atomic E-state index is 12.7. The Morgan fingerprint density at radius 2 is 1.91 bits per heavy atom. The molecule has 3 heterocycles. The molecule has 2 aromatic rings. The number of hydrogen-bond donors (Lipinski definition) is 2. The number of ketones is 1. The van der Waals surface area contributed by atoms with Gasteiger partial charge in [-0.1, -0.05) is 0 Å². The molecule has 1 aliphatic heterocycles. The zero-order chi connectivity index (χ0) is 24.3. The third-order valence-corrected chi connectivity index (χ3v) is 5.58. The third-order valence-electron chi connectivity index (χ3n) is 5.58. The Morgan fingerprint density at radius 3 is 2.56 bits per heavy atom. The van der Waals surface area contributed by atoms with Crippen molar-refractivity contribution in [3.05, 3.63) is 23.5 Å². The average molecular weight is 466 g/mol. The van der Waals surface area contributed by atoms with Crippen LogP contribution in [-0.4, -0.2) is 68.7 Å². The molecular weight excluding hydrogens is 434 g/mol.